The Morgan fingerprint density at radius 3 is 2.46 bits per heavy atom. The molecule has 2 amide bonds. The molecule has 2 aromatic rings. The predicted molar refractivity (Wildman–Crippen MR) is 112 cm³/mol. The molecular formula is C20H23ClN4O2S. The fourth-order valence-corrected chi connectivity index (χ4v) is 4.91. The van der Waals surface area contributed by atoms with E-state index >= 15 is 0 Å². The van der Waals surface area contributed by atoms with Crippen molar-refractivity contribution in [2.75, 3.05) is 5.32 Å². The van der Waals surface area contributed by atoms with Crippen molar-refractivity contribution in [3.63, 3.8) is 0 Å². The fourth-order valence-electron chi connectivity index (χ4n) is 3.75. The Hall–Kier alpha value is -1.99. The molecule has 6 nitrogen and oxygen atoms in total. The number of carbonyl (C=O) groups is 2. The van der Waals surface area contributed by atoms with Crippen LogP contribution in [0.4, 0.5) is 5.82 Å². The lowest BCUT2D eigenvalue weighted by molar-refractivity contribution is -0.136. The van der Waals surface area contributed by atoms with Crippen molar-refractivity contribution in [1.82, 2.24) is 15.1 Å². The molecule has 1 aliphatic heterocycles. The largest absolute Gasteiger partial charge is 0.345 e. The maximum absolute atomic E-state index is 12.6. The Labute approximate surface area is 173 Å². The molecule has 4 rings (SSSR count). The minimum absolute atomic E-state index is 0.0863. The van der Waals surface area contributed by atoms with E-state index < -0.39 is 11.8 Å². The number of nitrogens with one attached hydrogen (secondary N) is 2. The number of carbonyl (C=O) groups excluding carboxylic acids is 2. The SMILES string of the molecule is O=C(Nc1c2c(nn1-c1ccc(Cl)cc1)CSC2)C(=O)NC1CCCCCC1. The first kappa shape index (κ1) is 19.3. The summed E-state index contributed by atoms with van der Waals surface area (Å²) in [4.78, 5) is 25.1. The van der Waals surface area contributed by atoms with E-state index in [0.717, 1.165) is 54.1 Å². The maximum Gasteiger partial charge on any atom is 0.314 e. The Kier molecular flexibility index (Phi) is 5.92. The molecule has 0 radical (unpaired) electrons. The van der Waals surface area contributed by atoms with Gasteiger partial charge in [0, 0.05) is 28.1 Å². The summed E-state index contributed by atoms with van der Waals surface area (Å²) in [5.74, 6) is 0.924. The number of benzene rings is 1. The van der Waals surface area contributed by atoms with Gasteiger partial charge in [-0.3, -0.25) is 9.59 Å². The van der Waals surface area contributed by atoms with E-state index in [4.69, 9.17) is 11.6 Å². The van der Waals surface area contributed by atoms with Crippen LogP contribution in [0.15, 0.2) is 24.3 Å². The van der Waals surface area contributed by atoms with Crippen LogP contribution in [0.25, 0.3) is 5.69 Å². The van der Waals surface area contributed by atoms with Gasteiger partial charge in [-0.15, -0.1) is 0 Å². The molecule has 0 atom stereocenters. The van der Waals surface area contributed by atoms with E-state index in [-0.39, 0.29) is 6.04 Å². The highest BCUT2D eigenvalue weighted by Crippen LogP contribution is 2.36. The van der Waals surface area contributed by atoms with Crippen LogP contribution in [0.2, 0.25) is 5.02 Å². The summed E-state index contributed by atoms with van der Waals surface area (Å²) < 4.78 is 1.69. The lowest BCUT2D eigenvalue weighted by atomic mass is 10.1. The highest BCUT2D eigenvalue weighted by molar-refractivity contribution is 7.98. The normalized spacial score (nSPS) is 17.0. The van der Waals surface area contributed by atoms with Gasteiger partial charge in [0.25, 0.3) is 0 Å². The number of anilines is 1. The molecule has 1 aromatic carbocycles. The van der Waals surface area contributed by atoms with Crippen LogP contribution in [0, 0.1) is 0 Å². The zero-order valence-electron chi connectivity index (χ0n) is 15.5. The number of hydrogen-bond donors (Lipinski definition) is 2. The Balaban J connectivity index is 1.52. The summed E-state index contributed by atoms with van der Waals surface area (Å²) in [6.45, 7) is 0. The van der Waals surface area contributed by atoms with Crippen LogP contribution in [-0.2, 0) is 21.1 Å². The van der Waals surface area contributed by atoms with Crippen LogP contribution in [0.5, 0.6) is 0 Å². The topological polar surface area (TPSA) is 76.0 Å². The second-order valence-electron chi connectivity index (χ2n) is 7.27. The first-order valence-electron chi connectivity index (χ1n) is 9.68. The third kappa shape index (κ3) is 4.20. The van der Waals surface area contributed by atoms with Gasteiger partial charge in [-0.25, -0.2) is 4.68 Å². The fraction of sp³-hybridized carbons (Fsp3) is 0.450. The second-order valence-corrected chi connectivity index (χ2v) is 8.69. The van der Waals surface area contributed by atoms with Crippen molar-refractivity contribution in [3.05, 3.63) is 40.5 Å². The van der Waals surface area contributed by atoms with Crippen LogP contribution in [0.3, 0.4) is 0 Å². The molecule has 0 spiro atoms. The van der Waals surface area contributed by atoms with Crippen molar-refractivity contribution in [3.8, 4) is 5.69 Å². The highest BCUT2D eigenvalue weighted by Gasteiger charge is 2.27. The molecule has 28 heavy (non-hydrogen) atoms. The van der Waals surface area contributed by atoms with Gasteiger partial charge in [0.05, 0.1) is 11.4 Å². The van der Waals surface area contributed by atoms with Gasteiger partial charge < -0.3 is 10.6 Å². The van der Waals surface area contributed by atoms with Gasteiger partial charge in [0.1, 0.15) is 5.82 Å². The number of hydrogen-bond acceptors (Lipinski definition) is 4. The predicted octanol–water partition coefficient (Wildman–Crippen LogP) is 4.05. The number of thioether (sulfide) groups is 1. The van der Waals surface area contributed by atoms with Crippen LogP contribution >= 0.6 is 23.4 Å². The Morgan fingerprint density at radius 2 is 1.75 bits per heavy atom. The van der Waals surface area contributed by atoms with Gasteiger partial charge in [0.15, 0.2) is 0 Å². The minimum Gasteiger partial charge on any atom is -0.345 e. The van der Waals surface area contributed by atoms with E-state index in [2.05, 4.69) is 15.7 Å². The number of nitrogens with zero attached hydrogens (tertiary/aromatic N) is 2. The molecule has 8 heteroatoms. The summed E-state index contributed by atoms with van der Waals surface area (Å²) in [7, 11) is 0. The summed E-state index contributed by atoms with van der Waals surface area (Å²) in [6, 6.07) is 7.34. The molecule has 0 saturated heterocycles. The molecule has 0 bridgehead atoms. The maximum atomic E-state index is 12.6. The molecule has 1 fully saturated rings. The standard InChI is InChI=1S/C20H23ClN4O2S/c21-13-7-9-15(10-8-13)25-18(16-11-28-12-17(16)24-25)23-20(27)19(26)22-14-5-3-1-2-4-6-14/h7-10,14H,1-6,11-12H2,(H,22,26)(H,23,27). The summed E-state index contributed by atoms with van der Waals surface area (Å²) in [5.41, 5.74) is 2.72. The van der Waals surface area contributed by atoms with Gasteiger partial charge in [0.2, 0.25) is 0 Å². The molecule has 2 N–H and O–H groups in total. The van der Waals surface area contributed by atoms with Gasteiger partial charge in [-0.1, -0.05) is 37.3 Å². The van der Waals surface area contributed by atoms with E-state index in [1.165, 1.54) is 12.8 Å². The van der Waals surface area contributed by atoms with Gasteiger partial charge in [-0.05, 0) is 37.1 Å². The smallest absolute Gasteiger partial charge is 0.314 e. The lowest BCUT2D eigenvalue weighted by Gasteiger charge is -2.16. The van der Waals surface area contributed by atoms with Crippen molar-refractivity contribution in [1.29, 1.82) is 0 Å². The summed E-state index contributed by atoms with van der Waals surface area (Å²) in [6.07, 6.45) is 6.47. The van der Waals surface area contributed by atoms with Crippen molar-refractivity contribution in [2.24, 2.45) is 0 Å². The second kappa shape index (κ2) is 8.57. The van der Waals surface area contributed by atoms with E-state index in [1.807, 2.05) is 12.1 Å². The minimum atomic E-state index is -0.640. The third-order valence-corrected chi connectivity index (χ3v) is 6.47. The van der Waals surface area contributed by atoms with Gasteiger partial charge >= 0.3 is 11.8 Å². The molecule has 0 unspecified atom stereocenters. The van der Waals surface area contributed by atoms with Crippen LogP contribution < -0.4 is 10.6 Å². The summed E-state index contributed by atoms with van der Waals surface area (Å²) >= 11 is 7.74. The molecular weight excluding hydrogens is 396 g/mol. The van der Waals surface area contributed by atoms with Crippen LogP contribution in [-0.4, -0.2) is 27.6 Å². The number of aromatic nitrogens is 2. The molecule has 148 valence electrons. The zero-order valence-corrected chi connectivity index (χ0v) is 17.1. The highest BCUT2D eigenvalue weighted by atomic mass is 35.5. The average Bonchev–Trinajstić information content (AvgIpc) is 3.17. The first-order chi connectivity index (χ1) is 13.6. The van der Waals surface area contributed by atoms with Crippen molar-refractivity contribution in [2.45, 2.75) is 56.1 Å². The number of fused-ring (bicyclic) bond motifs is 1. The van der Waals surface area contributed by atoms with E-state index in [0.29, 0.717) is 10.8 Å². The van der Waals surface area contributed by atoms with Crippen molar-refractivity contribution < 1.29 is 9.59 Å². The van der Waals surface area contributed by atoms with Gasteiger partial charge in [-0.2, -0.15) is 16.9 Å². The van der Waals surface area contributed by atoms with Crippen molar-refractivity contribution >= 4 is 41.0 Å². The quantitative estimate of drug-likeness (QED) is 0.582. The molecule has 1 aliphatic carbocycles. The molecule has 1 saturated carbocycles. The Bertz CT molecular complexity index is 873. The molecule has 2 heterocycles. The number of halogens is 1. The zero-order chi connectivity index (χ0) is 19.5. The Morgan fingerprint density at radius 1 is 1.04 bits per heavy atom. The average molecular weight is 419 g/mol. The monoisotopic (exact) mass is 418 g/mol. The third-order valence-electron chi connectivity index (χ3n) is 5.25. The van der Waals surface area contributed by atoms with E-state index in [9.17, 15) is 9.59 Å². The lowest BCUT2D eigenvalue weighted by Crippen LogP contribution is -2.42. The number of rotatable bonds is 3. The summed E-state index contributed by atoms with van der Waals surface area (Å²) in [5, 5.41) is 11.0. The molecule has 2 aliphatic rings. The number of amides is 2. The molecule has 1 aromatic heterocycles. The van der Waals surface area contributed by atoms with Crippen LogP contribution in [0.1, 0.15) is 49.8 Å². The van der Waals surface area contributed by atoms with E-state index in [1.54, 1.807) is 28.6 Å². The first-order valence-corrected chi connectivity index (χ1v) is 11.2.